The summed E-state index contributed by atoms with van der Waals surface area (Å²) in [6.45, 7) is 8.73. The van der Waals surface area contributed by atoms with Crippen molar-refractivity contribution in [3.63, 3.8) is 0 Å². The molecule has 1 aliphatic heterocycles. The Bertz CT molecular complexity index is 164. The minimum atomic E-state index is 0.555. The Balaban J connectivity index is 2.41. The number of methoxy groups -OCH3 is 1. The molecule has 0 aliphatic carbocycles. The molecule has 90 valence electrons. The summed E-state index contributed by atoms with van der Waals surface area (Å²) in [5, 5.41) is 3.46. The zero-order valence-electron chi connectivity index (χ0n) is 10.5. The fourth-order valence-electron chi connectivity index (χ4n) is 2.47. The first-order valence-corrected chi connectivity index (χ1v) is 6.25. The summed E-state index contributed by atoms with van der Waals surface area (Å²) in [5.41, 5.74) is 0. The molecule has 0 radical (unpaired) electrons. The van der Waals surface area contributed by atoms with Crippen molar-refractivity contribution in [2.24, 2.45) is 0 Å². The van der Waals surface area contributed by atoms with E-state index in [1.165, 1.54) is 25.8 Å². The molecule has 1 fully saturated rings. The molecule has 0 aromatic heterocycles. The number of likely N-dealkylation sites (N-methyl/N-ethyl adjacent to an activating group) is 1. The fourth-order valence-corrected chi connectivity index (χ4v) is 2.47. The minimum Gasteiger partial charge on any atom is -0.383 e. The van der Waals surface area contributed by atoms with Crippen LogP contribution in [0.5, 0.6) is 0 Å². The summed E-state index contributed by atoms with van der Waals surface area (Å²) in [5.74, 6) is 0. The molecule has 1 aliphatic rings. The molecule has 3 heteroatoms. The second-order valence-electron chi connectivity index (χ2n) is 4.50. The predicted molar refractivity (Wildman–Crippen MR) is 64.2 cm³/mol. The van der Waals surface area contributed by atoms with Crippen molar-refractivity contribution in [1.82, 2.24) is 10.2 Å². The van der Waals surface area contributed by atoms with Gasteiger partial charge in [0.25, 0.3) is 0 Å². The van der Waals surface area contributed by atoms with Gasteiger partial charge in [-0.1, -0.05) is 13.3 Å². The molecule has 0 aromatic carbocycles. The van der Waals surface area contributed by atoms with Crippen LogP contribution in [0.25, 0.3) is 0 Å². The second kappa shape index (κ2) is 7.20. The van der Waals surface area contributed by atoms with Crippen molar-refractivity contribution in [3.8, 4) is 0 Å². The number of nitrogens with one attached hydrogen (secondary N) is 1. The largest absolute Gasteiger partial charge is 0.383 e. The van der Waals surface area contributed by atoms with Crippen LogP contribution in [0.4, 0.5) is 0 Å². The first kappa shape index (κ1) is 12.9. The normalized spacial score (nSPS) is 25.4. The summed E-state index contributed by atoms with van der Waals surface area (Å²) < 4.78 is 5.25. The second-order valence-corrected chi connectivity index (χ2v) is 4.50. The van der Waals surface area contributed by atoms with Gasteiger partial charge in [-0.25, -0.2) is 0 Å². The first-order chi connectivity index (χ1) is 7.29. The Morgan fingerprint density at radius 2 is 2.27 bits per heavy atom. The average Bonchev–Trinajstić information content (AvgIpc) is 2.27. The van der Waals surface area contributed by atoms with Crippen LogP contribution in [0.3, 0.4) is 0 Å². The molecule has 0 saturated carbocycles. The number of rotatable bonds is 6. The monoisotopic (exact) mass is 214 g/mol. The van der Waals surface area contributed by atoms with Crippen LogP contribution in [0.1, 0.15) is 33.1 Å². The third-order valence-corrected chi connectivity index (χ3v) is 3.28. The summed E-state index contributed by atoms with van der Waals surface area (Å²) in [7, 11) is 1.79. The van der Waals surface area contributed by atoms with E-state index in [0.29, 0.717) is 12.1 Å². The molecule has 1 N–H and O–H groups in total. The third kappa shape index (κ3) is 4.09. The van der Waals surface area contributed by atoms with Crippen molar-refractivity contribution in [2.45, 2.75) is 45.2 Å². The van der Waals surface area contributed by atoms with Crippen molar-refractivity contribution in [2.75, 3.05) is 33.4 Å². The molecule has 3 nitrogen and oxygen atoms in total. The number of piperidine rings is 1. The van der Waals surface area contributed by atoms with E-state index in [1.54, 1.807) is 7.11 Å². The number of ether oxygens (including phenoxy) is 1. The highest BCUT2D eigenvalue weighted by atomic mass is 16.5. The van der Waals surface area contributed by atoms with E-state index < -0.39 is 0 Å². The SMILES string of the molecule is CCNCC1CCCCN1C(C)COC. The van der Waals surface area contributed by atoms with Crippen LogP contribution in [-0.2, 0) is 4.74 Å². The summed E-state index contributed by atoms with van der Waals surface area (Å²) >= 11 is 0. The van der Waals surface area contributed by atoms with Gasteiger partial charge in [-0.2, -0.15) is 0 Å². The highest BCUT2D eigenvalue weighted by molar-refractivity contribution is 4.82. The van der Waals surface area contributed by atoms with Gasteiger partial charge in [0, 0.05) is 25.7 Å². The molecule has 0 bridgehead atoms. The van der Waals surface area contributed by atoms with Crippen molar-refractivity contribution < 1.29 is 4.74 Å². The topological polar surface area (TPSA) is 24.5 Å². The van der Waals surface area contributed by atoms with Crippen LogP contribution in [0, 0.1) is 0 Å². The zero-order chi connectivity index (χ0) is 11.1. The van der Waals surface area contributed by atoms with Crippen LogP contribution >= 0.6 is 0 Å². The van der Waals surface area contributed by atoms with Crippen LogP contribution in [-0.4, -0.2) is 50.3 Å². The molecule has 1 saturated heterocycles. The molecule has 1 heterocycles. The lowest BCUT2D eigenvalue weighted by Crippen LogP contribution is -2.50. The van der Waals surface area contributed by atoms with Gasteiger partial charge in [0.15, 0.2) is 0 Å². The molecule has 0 amide bonds. The number of hydrogen-bond donors (Lipinski definition) is 1. The van der Waals surface area contributed by atoms with E-state index in [0.717, 1.165) is 19.7 Å². The number of nitrogens with zero attached hydrogens (tertiary/aromatic N) is 1. The summed E-state index contributed by atoms with van der Waals surface area (Å²) in [6.07, 6.45) is 4.06. The van der Waals surface area contributed by atoms with Crippen molar-refractivity contribution in [1.29, 1.82) is 0 Å². The number of hydrogen-bond acceptors (Lipinski definition) is 3. The van der Waals surface area contributed by atoms with Gasteiger partial charge in [-0.3, -0.25) is 4.90 Å². The molecule has 0 spiro atoms. The summed E-state index contributed by atoms with van der Waals surface area (Å²) in [6, 6.07) is 1.27. The van der Waals surface area contributed by atoms with E-state index in [2.05, 4.69) is 24.1 Å². The lowest BCUT2D eigenvalue weighted by atomic mass is 10.00. The quantitative estimate of drug-likeness (QED) is 0.725. The maximum absolute atomic E-state index is 5.25. The molecule has 15 heavy (non-hydrogen) atoms. The molecule has 2 unspecified atom stereocenters. The zero-order valence-corrected chi connectivity index (χ0v) is 10.5. The highest BCUT2D eigenvalue weighted by Crippen LogP contribution is 2.19. The molecule has 0 aromatic rings. The van der Waals surface area contributed by atoms with Crippen molar-refractivity contribution in [3.05, 3.63) is 0 Å². The molecular formula is C12H26N2O. The Hall–Kier alpha value is -0.120. The average molecular weight is 214 g/mol. The van der Waals surface area contributed by atoms with E-state index in [1.807, 2.05) is 0 Å². The van der Waals surface area contributed by atoms with Crippen molar-refractivity contribution >= 4 is 0 Å². The van der Waals surface area contributed by atoms with Gasteiger partial charge in [-0.15, -0.1) is 0 Å². The molecular weight excluding hydrogens is 188 g/mol. The van der Waals surface area contributed by atoms with E-state index in [9.17, 15) is 0 Å². The Kier molecular flexibility index (Phi) is 6.22. The van der Waals surface area contributed by atoms with E-state index in [-0.39, 0.29) is 0 Å². The van der Waals surface area contributed by atoms with Gasteiger partial charge in [0.05, 0.1) is 6.61 Å². The lowest BCUT2D eigenvalue weighted by Gasteiger charge is -2.39. The van der Waals surface area contributed by atoms with Gasteiger partial charge < -0.3 is 10.1 Å². The highest BCUT2D eigenvalue weighted by Gasteiger charge is 2.25. The van der Waals surface area contributed by atoms with Gasteiger partial charge >= 0.3 is 0 Å². The van der Waals surface area contributed by atoms with Gasteiger partial charge in [0.2, 0.25) is 0 Å². The smallest absolute Gasteiger partial charge is 0.0615 e. The molecule has 1 rings (SSSR count). The number of likely N-dealkylation sites (tertiary alicyclic amines) is 1. The maximum atomic E-state index is 5.25. The fraction of sp³-hybridized carbons (Fsp3) is 1.00. The Morgan fingerprint density at radius 3 is 2.93 bits per heavy atom. The maximum Gasteiger partial charge on any atom is 0.0615 e. The van der Waals surface area contributed by atoms with Crippen LogP contribution in [0.15, 0.2) is 0 Å². The Labute approximate surface area is 94.2 Å². The first-order valence-electron chi connectivity index (χ1n) is 6.25. The lowest BCUT2D eigenvalue weighted by molar-refractivity contribution is 0.0490. The summed E-state index contributed by atoms with van der Waals surface area (Å²) in [4.78, 5) is 2.61. The molecule has 2 atom stereocenters. The minimum absolute atomic E-state index is 0.555. The van der Waals surface area contributed by atoms with Crippen LogP contribution in [0.2, 0.25) is 0 Å². The standard InChI is InChI=1S/C12H26N2O/c1-4-13-9-12-7-5-6-8-14(12)11(2)10-15-3/h11-13H,4-10H2,1-3H3. The van der Waals surface area contributed by atoms with E-state index in [4.69, 9.17) is 4.74 Å². The third-order valence-electron chi connectivity index (χ3n) is 3.28. The van der Waals surface area contributed by atoms with Gasteiger partial charge in [-0.05, 0) is 32.9 Å². The van der Waals surface area contributed by atoms with Gasteiger partial charge in [0.1, 0.15) is 0 Å². The van der Waals surface area contributed by atoms with E-state index >= 15 is 0 Å². The van der Waals surface area contributed by atoms with Crippen LogP contribution < -0.4 is 5.32 Å². The predicted octanol–water partition coefficient (Wildman–Crippen LogP) is 1.49. The Morgan fingerprint density at radius 1 is 1.47 bits per heavy atom.